The summed E-state index contributed by atoms with van der Waals surface area (Å²) in [6, 6.07) is 2.21. The van der Waals surface area contributed by atoms with Crippen molar-refractivity contribution in [3.05, 3.63) is 32.3 Å². The quantitative estimate of drug-likeness (QED) is 0.427. The molecule has 6 nitrogen and oxygen atoms in total. The van der Waals surface area contributed by atoms with Crippen molar-refractivity contribution in [1.82, 2.24) is 0 Å². The van der Waals surface area contributed by atoms with Gasteiger partial charge in [-0.15, -0.1) is 0 Å². The summed E-state index contributed by atoms with van der Waals surface area (Å²) in [4.78, 5) is 10.0. The molecule has 0 bridgehead atoms. The Morgan fingerprint density at radius 3 is 2.14 bits per heavy atom. The van der Waals surface area contributed by atoms with E-state index in [1.54, 1.807) is 13.8 Å². The first-order valence-electron chi connectivity index (χ1n) is 5.60. The standard InChI is InChI=1S/C11H12Cl3NO5S/c1-11(2,6-21(14,18)19)5-20-10-8(12)3-7(15(16)17)4-9(10)13/h3-4H,5-6H2,1-2H3. The highest BCUT2D eigenvalue weighted by Crippen LogP contribution is 2.37. The van der Waals surface area contributed by atoms with Crippen LogP contribution in [0.1, 0.15) is 13.8 Å². The molecular weight excluding hydrogens is 365 g/mol. The fraction of sp³-hybridized carbons (Fsp3) is 0.455. The van der Waals surface area contributed by atoms with Gasteiger partial charge in [-0.05, 0) is 0 Å². The Kier molecular flexibility index (Phi) is 5.71. The highest BCUT2D eigenvalue weighted by Gasteiger charge is 2.27. The number of hydrogen-bond acceptors (Lipinski definition) is 5. The molecule has 0 heterocycles. The third-order valence-electron chi connectivity index (χ3n) is 2.36. The van der Waals surface area contributed by atoms with Gasteiger partial charge in [0.1, 0.15) is 0 Å². The number of non-ortho nitro benzene ring substituents is 1. The highest BCUT2D eigenvalue weighted by molar-refractivity contribution is 8.13. The van der Waals surface area contributed by atoms with Gasteiger partial charge in [-0.3, -0.25) is 10.1 Å². The Bertz CT molecular complexity index is 637. The minimum Gasteiger partial charge on any atom is -0.490 e. The monoisotopic (exact) mass is 375 g/mol. The normalized spacial score (nSPS) is 12.2. The maximum absolute atomic E-state index is 11.1. The van der Waals surface area contributed by atoms with Gasteiger partial charge >= 0.3 is 0 Å². The van der Waals surface area contributed by atoms with Gasteiger partial charge in [0.2, 0.25) is 9.05 Å². The fourth-order valence-electron chi connectivity index (χ4n) is 1.57. The van der Waals surface area contributed by atoms with Crippen LogP contribution in [0.3, 0.4) is 0 Å². The lowest BCUT2D eigenvalue weighted by atomic mass is 9.98. The SMILES string of the molecule is CC(C)(COc1c(Cl)cc([N+](=O)[O-])cc1Cl)CS(=O)(=O)Cl. The second kappa shape index (κ2) is 6.56. The number of nitro groups is 1. The number of ether oxygens (including phenoxy) is 1. The topological polar surface area (TPSA) is 86.5 Å². The summed E-state index contributed by atoms with van der Waals surface area (Å²) in [5.41, 5.74) is -1.05. The van der Waals surface area contributed by atoms with E-state index >= 15 is 0 Å². The number of hydrogen-bond donors (Lipinski definition) is 0. The van der Waals surface area contributed by atoms with Gasteiger partial charge in [0.15, 0.2) is 5.75 Å². The molecule has 0 radical (unpaired) electrons. The number of nitro benzene ring substituents is 1. The van der Waals surface area contributed by atoms with E-state index in [1.807, 2.05) is 0 Å². The van der Waals surface area contributed by atoms with Crippen molar-refractivity contribution >= 4 is 48.6 Å². The second-order valence-corrected chi connectivity index (χ2v) is 8.72. The molecule has 21 heavy (non-hydrogen) atoms. The summed E-state index contributed by atoms with van der Waals surface area (Å²) >= 11 is 11.8. The Morgan fingerprint density at radius 1 is 1.29 bits per heavy atom. The van der Waals surface area contributed by atoms with E-state index in [-0.39, 0.29) is 33.8 Å². The zero-order chi connectivity index (χ0) is 16.4. The molecule has 0 spiro atoms. The van der Waals surface area contributed by atoms with Gasteiger partial charge in [0.05, 0.1) is 27.3 Å². The molecular formula is C11H12Cl3NO5S. The molecule has 0 N–H and O–H groups in total. The number of nitrogens with zero attached hydrogens (tertiary/aromatic N) is 1. The van der Waals surface area contributed by atoms with E-state index in [9.17, 15) is 18.5 Å². The minimum atomic E-state index is -3.69. The lowest BCUT2D eigenvalue weighted by molar-refractivity contribution is -0.384. The lowest BCUT2D eigenvalue weighted by Gasteiger charge is -2.23. The smallest absolute Gasteiger partial charge is 0.272 e. The number of halogens is 3. The largest absolute Gasteiger partial charge is 0.490 e. The van der Waals surface area contributed by atoms with Gasteiger partial charge in [-0.1, -0.05) is 37.0 Å². The summed E-state index contributed by atoms with van der Waals surface area (Å²) in [7, 11) is 1.52. The van der Waals surface area contributed by atoms with Gasteiger partial charge in [-0.2, -0.15) is 0 Å². The molecule has 0 aliphatic carbocycles. The van der Waals surface area contributed by atoms with Crippen LogP contribution in [-0.4, -0.2) is 25.7 Å². The van der Waals surface area contributed by atoms with Crippen LogP contribution in [0.2, 0.25) is 10.0 Å². The van der Waals surface area contributed by atoms with Crippen molar-refractivity contribution in [2.24, 2.45) is 5.41 Å². The first kappa shape index (κ1) is 18.3. The zero-order valence-corrected chi connectivity index (χ0v) is 14.2. The van der Waals surface area contributed by atoms with Crippen LogP contribution in [0.25, 0.3) is 0 Å². The molecule has 10 heteroatoms. The van der Waals surface area contributed by atoms with Crippen molar-refractivity contribution < 1.29 is 18.1 Å². The maximum atomic E-state index is 11.1. The van der Waals surface area contributed by atoms with Crippen molar-refractivity contribution in [3.63, 3.8) is 0 Å². The predicted octanol–water partition coefficient (Wildman–Crippen LogP) is 3.88. The zero-order valence-electron chi connectivity index (χ0n) is 11.1. The molecule has 1 aromatic carbocycles. The van der Waals surface area contributed by atoms with Gasteiger partial charge in [0, 0.05) is 28.2 Å². The molecule has 118 valence electrons. The molecule has 0 saturated carbocycles. The maximum Gasteiger partial charge on any atom is 0.272 e. The molecule has 0 aliphatic rings. The average Bonchev–Trinajstić information content (AvgIpc) is 2.23. The van der Waals surface area contributed by atoms with Crippen molar-refractivity contribution in [2.75, 3.05) is 12.4 Å². The van der Waals surface area contributed by atoms with Crippen molar-refractivity contribution in [1.29, 1.82) is 0 Å². The molecule has 0 saturated heterocycles. The molecule has 0 fully saturated rings. The van der Waals surface area contributed by atoms with Crippen LogP contribution in [0, 0.1) is 15.5 Å². The molecule has 0 aliphatic heterocycles. The van der Waals surface area contributed by atoms with E-state index in [2.05, 4.69) is 0 Å². The predicted molar refractivity (Wildman–Crippen MR) is 82.0 cm³/mol. The Hall–Kier alpha value is -0.760. The molecule has 0 unspecified atom stereocenters. The second-order valence-electron chi connectivity index (χ2n) is 5.13. The molecule has 0 amide bonds. The lowest BCUT2D eigenvalue weighted by Crippen LogP contribution is -2.28. The summed E-state index contributed by atoms with van der Waals surface area (Å²) in [5, 5.41) is 10.6. The van der Waals surface area contributed by atoms with Gasteiger partial charge in [0.25, 0.3) is 5.69 Å². The van der Waals surface area contributed by atoms with E-state index < -0.39 is 19.4 Å². The van der Waals surface area contributed by atoms with E-state index in [1.165, 1.54) is 0 Å². The van der Waals surface area contributed by atoms with Crippen molar-refractivity contribution in [2.45, 2.75) is 13.8 Å². The van der Waals surface area contributed by atoms with Crippen LogP contribution in [0.15, 0.2) is 12.1 Å². The summed E-state index contributed by atoms with van der Waals surface area (Å²) in [5.74, 6) is -0.243. The Labute approximate surface area is 136 Å². The van der Waals surface area contributed by atoms with Crippen molar-refractivity contribution in [3.8, 4) is 5.75 Å². The minimum absolute atomic E-state index is 0.0290. The van der Waals surface area contributed by atoms with Gasteiger partial charge < -0.3 is 4.74 Å². The molecule has 1 rings (SSSR count). The Balaban J connectivity index is 2.92. The third-order valence-corrected chi connectivity index (χ3v) is 4.38. The molecule has 0 atom stereocenters. The van der Waals surface area contributed by atoms with Crippen LogP contribution < -0.4 is 4.74 Å². The van der Waals surface area contributed by atoms with E-state index in [0.717, 1.165) is 12.1 Å². The van der Waals surface area contributed by atoms with E-state index in [4.69, 9.17) is 38.6 Å². The number of benzene rings is 1. The van der Waals surface area contributed by atoms with E-state index in [0.29, 0.717) is 0 Å². The number of rotatable bonds is 6. The van der Waals surface area contributed by atoms with Crippen LogP contribution in [0.5, 0.6) is 5.75 Å². The van der Waals surface area contributed by atoms with Crippen LogP contribution in [0.4, 0.5) is 5.69 Å². The van der Waals surface area contributed by atoms with Crippen LogP contribution in [-0.2, 0) is 9.05 Å². The first-order chi connectivity index (χ1) is 9.41. The molecule has 1 aromatic rings. The fourth-order valence-corrected chi connectivity index (χ4v) is 4.05. The first-order valence-corrected chi connectivity index (χ1v) is 8.83. The summed E-state index contributed by atoms with van der Waals surface area (Å²) in [6.45, 7) is 3.25. The van der Waals surface area contributed by atoms with Crippen LogP contribution >= 0.6 is 33.9 Å². The third kappa shape index (κ3) is 5.86. The summed E-state index contributed by atoms with van der Waals surface area (Å²) < 4.78 is 27.6. The average molecular weight is 377 g/mol. The highest BCUT2D eigenvalue weighted by atomic mass is 35.7. The molecule has 0 aromatic heterocycles. The summed E-state index contributed by atoms with van der Waals surface area (Å²) in [6.07, 6.45) is 0. The Morgan fingerprint density at radius 2 is 1.76 bits per heavy atom. The van der Waals surface area contributed by atoms with Gasteiger partial charge in [-0.25, -0.2) is 8.42 Å².